The Balaban J connectivity index is 2.05. The Labute approximate surface area is 197 Å². The van der Waals surface area contributed by atoms with E-state index in [-0.39, 0.29) is 29.3 Å². The standard InChI is InChI=1S/C23H32F2N8O/c1-6-7-8-18(12(2)26)29-22-17(25)11-15(20(27)34)21(30-22)28-13-9-14-19(16(24)10-13)33(5)31-23(14)32(3)4/h9-12,18H,6-8,26H2,1-5H3,(H2,27,34)(H2,28,29,30)/t12-,18+/m0/s1. The van der Waals surface area contributed by atoms with Gasteiger partial charge in [-0.25, -0.2) is 13.8 Å². The summed E-state index contributed by atoms with van der Waals surface area (Å²) in [4.78, 5) is 18.1. The average molecular weight is 475 g/mol. The third kappa shape index (κ3) is 5.19. The number of benzene rings is 1. The number of rotatable bonds is 10. The van der Waals surface area contributed by atoms with Crippen LogP contribution in [0.5, 0.6) is 0 Å². The topological polar surface area (TPSA) is 127 Å². The van der Waals surface area contributed by atoms with Crippen molar-refractivity contribution in [2.45, 2.75) is 45.2 Å². The fourth-order valence-corrected chi connectivity index (χ4v) is 3.82. The number of aryl methyl sites for hydroxylation is 1. The van der Waals surface area contributed by atoms with E-state index in [0.29, 0.717) is 22.4 Å². The maximum absolute atomic E-state index is 15.0. The Morgan fingerprint density at radius 3 is 2.50 bits per heavy atom. The van der Waals surface area contributed by atoms with Crippen LogP contribution in [0.15, 0.2) is 18.2 Å². The van der Waals surface area contributed by atoms with Crippen molar-refractivity contribution in [1.29, 1.82) is 0 Å². The third-order valence-corrected chi connectivity index (χ3v) is 5.63. The van der Waals surface area contributed by atoms with Crippen molar-refractivity contribution >= 4 is 40.0 Å². The molecule has 3 aromatic rings. The lowest BCUT2D eigenvalue weighted by Crippen LogP contribution is -2.38. The molecular formula is C23H32F2N8O. The Morgan fingerprint density at radius 1 is 1.21 bits per heavy atom. The van der Waals surface area contributed by atoms with Crippen molar-refractivity contribution in [2.24, 2.45) is 18.5 Å². The molecule has 0 aliphatic rings. The molecule has 0 radical (unpaired) electrons. The maximum atomic E-state index is 15.0. The summed E-state index contributed by atoms with van der Waals surface area (Å²) < 4.78 is 31.2. The van der Waals surface area contributed by atoms with Gasteiger partial charge in [0.05, 0.1) is 5.56 Å². The number of hydrogen-bond acceptors (Lipinski definition) is 7. The Morgan fingerprint density at radius 2 is 1.91 bits per heavy atom. The first-order valence-electron chi connectivity index (χ1n) is 11.2. The van der Waals surface area contributed by atoms with Crippen LogP contribution in [0, 0.1) is 11.6 Å². The second-order valence-electron chi connectivity index (χ2n) is 8.65. The SMILES string of the molecule is CCCC[C@@H](Nc1nc(Nc2cc(F)c3c(c2)c(N(C)C)nn3C)c(C(N)=O)cc1F)[C@H](C)N. The highest BCUT2D eigenvalue weighted by Crippen LogP contribution is 2.32. The molecule has 0 bridgehead atoms. The number of carbonyl (C=O) groups excluding carboxylic acids is 1. The van der Waals surface area contributed by atoms with Gasteiger partial charge in [-0.2, -0.15) is 5.10 Å². The average Bonchev–Trinajstić information content (AvgIpc) is 3.09. The normalized spacial score (nSPS) is 13.1. The second kappa shape index (κ2) is 10.2. The summed E-state index contributed by atoms with van der Waals surface area (Å²) in [7, 11) is 5.26. The molecule has 0 aliphatic carbocycles. The quantitative estimate of drug-likeness (QED) is 0.354. The summed E-state index contributed by atoms with van der Waals surface area (Å²) in [6.07, 6.45) is 2.60. The van der Waals surface area contributed by atoms with Crippen LogP contribution in [-0.2, 0) is 7.05 Å². The van der Waals surface area contributed by atoms with Crippen molar-refractivity contribution in [1.82, 2.24) is 14.8 Å². The van der Waals surface area contributed by atoms with E-state index < -0.39 is 17.5 Å². The highest BCUT2D eigenvalue weighted by atomic mass is 19.1. The van der Waals surface area contributed by atoms with Gasteiger partial charge >= 0.3 is 0 Å². The van der Waals surface area contributed by atoms with Gasteiger partial charge in [-0.3, -0.25) is 9.48 Å². The molecular weight excluding hydrogens is 442 g/mol. The van der Waals surface area contributed by atoms with Crippen LogP contribution >= 0.6 is 0 Å². The number of unbranched alkanes of at least 4 members (excludes halogenated alkanes) is 1. The van der Waals surface area contributed by atoms with Crippen molar-refractivity contribution < 1.29 is 13.6 Å². The van der Waals surface area contributed by atoms with E-state index in [0.717, 1.165) is 25.3 Å². The van der Waals surface area contributed by atoms with E-state index in [1.54, 1.807) is 32.1 Å². The molecule has 1 amide bonds. The Hall–Kier alpha value is -3.47. The zero-order valence-electron chi connectivity index (χ0n) is 20.1. The summed E-state index contributed by atoms with van der Waals surface area (Å²) in [6.45, 7) is 3.89. The van der Waals surface area contributed by atoms with Crippen molar-refractivity contribution in [3.05, 3.63) is 35.4 Å². The van der Waals surface area contributed by atoms with Crippen molar-refractivity contribution in [3.8, 4) is 0 Å². The fourth-order valence-electron chi connectivity index (χ4n) is 3.82. The first-order chi connectivity index (χ1) is 16.0. The molecule has 11 heteroatoms. The molecule has 2 aromatic heterocycles. The summed E-state index contributed by atoms with van der Waals surface area (Å²) in [5, 5.41) is 10.9. The largest absolute Gasteiger partial charge is 0.365 e. The molecule has 0 saturated heterocycles. The summed E-state index contributed by atoms with van der Waals surface area (Å²) in [6, 6.07) is 3.49. The van der Waals surface area contributed by atoms with Gasteiger partial charge in [-0.05, 0) is 31.5 Å². The second-order valence-corrected chi connectivity index (χ2v) is 8.65. The summed E-state index contributed by atoms with van der Waals surface area (Å²) in [5.41, 5.74) is 12.0. The molecule has 0 saturated carbocycles. The fraction of sp³-hybridized carbons (Fsp3) is 0.435. The van der Waals surface area contributed by atoms with E-state index in [1.807, 2.05) is 6.92 Å². The van der Waals surface area contributed by atoms with Gasteiger partial charge in [0, 0.05) is 44.3 Å². The Bertz CT molecular complexity index is 1190. The van der Waals surface area contributed by atoms with E-state index in [4.69, 9.17) is 11.5 Å². The van der Waals surface area contributed by atoms with Gasteiger partial charge in [-0.1, -0.05) is 19.8 Å². The number of nitrogens with two attached hydrogens (primary N) is 2. The van der Waals surface area contributed by atoms with Gasteiger partial charge in [0.25, 0.3) is 5.91 Å². The van der Waals surface area contributed by atoms with Crippen LogP contribution in [0.25, 0.3) is 10.9 Å². The molecule has 0 unspecified atom stereocenters. The number of halogens is 2. The number of hydrogen-bond donors (Lipinski definition) is 4. The lowest BCUT2D eigenvalue weighted by atomic mass is 10.0. The lowest BCUT2D eigenvalue weighted by molar-refractivity contribution is 0.100. The van der Waals surface area contributed by atoms with E-state index in [2.05, 4.69) is 27.6 Å². The molecule has 1 aromatic carbocycles. The Kier molecular flexibility index (Phi) is 7.55. The number of pyridine rings is 1. The van der Waals surface area contributed by atoms with E-state index in [1.165, 1.54) is 10.7 Å². The molecule has 9 nitrogen and oxygen atoms in total. The van der Waals surface area contributed by atoms with Crippen molar-refractivity contribution in [3.63, 3.8) is 0 Å². The molecule has 2 heterocycles. The van der Waals surface area contributed by atoms with Gasteiger partial charge in [0.1, 0.15) is 11.3 Å². The van der Waals surface area contributed by atoms with E-state index in [9.17, 15) is 13.6 Å². The highest BCUT2D eigenvalue weighted by molar-refractivity contribution is 5.99. The molecule has 0 fully saturated rings. The highest BCUT2D eigenvalue weighted by Gasteiger charge is 2.21. The number of amides is 1. The lowest BCUT2D eigenvalue weighted by Gasteiger charge is -2.23. The number of anilines is 4. The predicted octanol–water partition coefficient (Wildman–Crippen LogP) is 3.47. The third-order valence-electron chi connectivity index (χ3n) is 5.63. The molecule has 184 valence electrons. The number of primary amides is 1. The van der Waals surface area contributed by atoms with Gasteiger partial charge in [0.2, 0.25) is 0 Å². The number of aromatic nitrogens is 3. The van der Waals surface area contributed by atoms with Crippen LogP contribution in [0.1, 0.15) is 43.5 Å². The number of nitrogens with zero attached hydrogens (tertiary/aromatic N) is 4. The van der Waals surface area contributed by atoms with Crippen LogP contribution in [0.2, 0.25) is 0 Å². The zero-order valence-corrected chi connectivity index (χ0v) is 20.1. The number of fused-ring (bicyclic) bond motifs is 1. The first kappa shape index (κ1) is 25.2. The van der Waals surface area contributed by atoms with Crippen molar-refractivity contribution in [2.75, 3.05) is 29.6 Å². The summed E-state index contributed by atoms with van der Waals surface area (Å²) in [5.74, 6) is -1.61. The van der Waals surface area contributed by atoms with E-state index >= 15 is 0 Å². The first-order valence-corrected chi connectivity index (χ1v) is 11.2. The van der Waals surface area contributed by atoms with Crippen LogP contribution in [-0.4, -0.2) is 46.9 Å². The predicted molar refractivity (Wildman–Crippen MR) is 132 cm³/mol. The number of carbonyl (C=O) groups is 1. The zero-order chi connectivity index (χ0) is 25.2. The van der Waals surface area contributed by atoms with Gasteiger partial charge in [-0.15, -0.1) is 0 Å². The van der Waals surface area contributed by atoms with Gasteiger partial charge < -0.3 is 27.0 Å². The van der Waals surface area contributed by atoms with Crippen LogP contribution in [0.4, 0.5) is 31.9 Å². The summed E-state index contributed by atoms with van der Waals surface area (Å²) >= 11 is 0. The molecule has 0 spiro atoms. The molecule has 6 N–H and O–H groups in total. The smallest absolute Gasteiger partial charge is 0.252 e. The maximum Gasteiger partial charge on any atom is 0.252 e. The minimum atomic E-state index is -0.868. The molecule has 0 aliphatic heterocycles. The number of nitrogens with one attached hydrogen (secondary N) is 2. The minimum absolute atomic E-state index is 0.00404. The van der Waals surface area contributed by atoms with Crippen LogP contribution in [0.3, 0.4) is 0 Å². The molecule has 3 rings (SSSR count). The molecule has 2 atom stereocenters. The van der Waals surface area contributed by atoms with Gasteiger partial charge in [0.15, 0.2) is 23.3 Å². The van der Waals surface area contributed by atoms with Crippen LogP contribution < -0.4 is 27.0 Å². The monoisotopic (exact) mass is 474 g/mol. The minimum Gasteiger partial charge on any atom is -0.365 e. The molecule has 34 heavy (non-hydrogen) atoms.